The molecule has 0 atom stereocenters. The number of benzene rings is 9. The van der Waals surface area contributed by atoms with Gasteiger partial charge in [-0.2, -0.15) is 0 Å². The van der Waals surface area contributed by atoms with Gasteiger partial charge >= 0.3 is 0 Å². The summed E-state index contributed by atoms with van der Waals surface area (Å²) in [5.41, 5.74) is 6.27. The van der Waals surface area contributed by atoms with Crippen molar-refractivity contribution in [1.82, 2.24) is 0 Å². The van der Waals surface area contributed by atoms with Gasteiger partial charge in [-0.3, -0.25) is 0 Å². The van der Waals surface area contributed by atoms with Crippen LogP contribution in [0.1, 0.15) is 22.3 Å². The van der Waals surface area contributed by atoms with Gasteiger partial charge in [0.2, 0.25) is 0 Å². The van der Waals surface area contributed by atoms with Crippen molar-refractivity contribution < 1.29 is 5.48 Å². The van der Waals surface area contributed by atoms with Crippen LogP contribution in [0.3, 0.4) is 0 Å². The second-order valence-electron chi connectivity index (χ2n) is 14.0. The van der Waals surface area contributed by atoms with Crippen molar-refractivity contribution in [1.29, 1.82) is 0 Å². The smallest absolute Gasteiger partial charge is 0.0645 e. The van der Waals surface area contributed by atoms with E-state index >= 15 is 0 Å². The monoisotopic (exact) mass is 709 g/mol. The maximum Gasteiger partial charge on any atom is 0.0645 e. The molecule has 0 amide bonds. The number of hydrogen-bond donors (Lipinski definition) is 0. The molecule has 11 rings (SSSR count). The highest BCUT2D eigenvalue weighted by molar-refractivity contribution is 7.20. The fraction of sp³-hybridized carbons (Fsp3) is 0.0385. The molecule has 54 heavy (non-hydrogen) atoms. The van der Waals surface area contributed by atoms with Crippen molar-refractivity contribution in [2.45, 2.75) is 12.8 Å². The highest BCUT2D eigenvalue weighted by Crippen LogP contribution is 2.45. The number of aryl methyl sites for hydroxylation is 1. The van der Waals surface area contributed by atoms with Crippen LogP contribution in [0.2, 0.25) is 0 Å². The Morgan fingerprint density at radius 2 is 1.09 bits per heavy atom. The first-order valence-electron chi connectivity index (χ1n) is 20.5. The molecule has 0 radical (unpaired) electrons. The molecular weight excluding hydrogens is 671 g/mol. The van der Waals surface area contributed by atoms with Gasteiger partial charge < -0.3 is 4.90 Å². The molecule has 0 saturated heterocycles. The average molecular weight is 710 g/mol. The third-order valence-corrected chi connectivity index (χ3v) is 12.2. The van der Waals surface area contributed by atoms with E-state index in [4.69, 9.17) is 0 Å². The minimum absolute atomic E-state index is 0.0558. The molecule has 1 aliphatic carbocycles. The highest BCUT2D eigenvalue weighted by atomic mass is 32.1. The summed E-state index contributed by atoms with van der Waals surface area (Å²) in [6.07, 6.45) is 6.31. The molecule has 0 unspecified atom stereocenters. The van der Waals surface area contributed by atoms with Crippen LogP contribution in [-0.4, -0.2) is 0 Å². The van der Waals surface area contributed by atoms with Gasteiger partial charge in [0.05, 0.1) is 11.2 Å². The van der Waals surface area contributed by atoms with E-state index in [0.717, 1.165) is 72.5 Å². The lowest BCUT2D eigenvalue weighted by molar-refractivity contribution is 1.01. The largest absolute Gasteiger partial charge is 0.310 e. The summed E-state index contributed by atoms with van der Waals surface area (Å²) in [6, 6.07) is 52.0. The third-order valence-electron chi connectivity index (χ3n) is 11.0. The molecule has 0 bridgehead atoms. The van der Waals surface area contributed by atoms with Crippen molar-refractivity contribution in [3.63, 3.8) is 0 Å². The first-order chi connectivity index (χ1) is 28.5. The summed E-state index contributed by atoms with van der Waals surface area (Å²) in [5, 5.41) is 10.0. The molecule has 254 valence electrons. The fourth-order valence-electron chi connectivity index (χ4n) is 8.44. The number of anilines is 3. The van der Waals surface area contributed by atoms with Gasteiger partial charge in [-0.25, -0.2) is 0 Å². The first-order valence-corrected chi connectivity index (χ1v) is 19.3. The lowest BCUT2D eigenvalue weighted by Gasteiger charge is -2.28. The van der Waals surface area contributed by atoms with Crippen LogP contribution in [0.5, 0.6) is 0 Å². The summed E-state index contributed by atoms with van der Waals surface area (Å²) in [7, 11) is 0. The molecule has 1 aromatic heterocycles. The molecule has 0 N–H and O–H groups in total. The Balaban J connectivity index is 1.15. The zero-order valence-corrected chi connectivity index (χ0v) is 30.2. The normalized spacial score (nSPS) is 13.6. The lowest BCUT2D eigenvalue weighted by atomic mass is 9.93. The SMILES string of the molecule is [2H]c1c([2H])c(N(c2ccc(-c3cc4ccccc4c4ccccc34)cc2)c2cc3ccccc3c3ccccc23)c([2H])c([2H])c1-c1cccc2c3c(sc12)C=CCC3. The van der Waals surface area contributed by atoms with Crippen molar-refractivity contribution in [2.75, 3.05) is 4.90 Å². The van der Waals surface area contributed by atoms with Crippen LogP contribution in [0.25, 0.3) is 81.5 Å². The fourth-order valence-corrected chi connectivity index (χ4v) is 9.74. The van der Waals surface area contributed by atoms with Crippen molar-refractivity contribution in [3.8, 4) is 22.3 Å². The number of allylic oxidation sites excluding steroid dienone is 1. The molecule has 0 aliphatic heterocycles. The van der Waals surface area contributed by atoms with E-state index in [1.54, 1.807) is 11.3 Å². The Morgan fingerprint density at radius 3 is 1.83 bits per heavy atom. The van der Waals surface area contributed by atoms with Crippen molar-refractivity contribution >= 4 is 87.7 Å². The van der Waals surface area contributed by atoms with Crippen LogP contribution in [0.15, 0.2) is 182 Å². The van der Waals surface area contributed by atoms with E-state index in [9.17, 15) is 5.48 Å². The quantitative estimate of drug-likeness (QED) is 0.161. The topological polar surface area (TPSA) is 3.24 Å². The molecule has 0 fully saturated rings. The Bertz CT molecular complexity index is 3320. The molecular formula is C52H35NS. The van der Waals surface area contributed by atoms with Gasteiger partial charge in [0.1, 0.15) is 0 Å². The lowest BCUT2D eigenvalue weighted by Crippen LogP contribution is -2.10. The standard InChI is InChI=1S/C52H35NS/c1-3-14-40-36(12-1)32-49(45-18-6-5-16-43(40)45)35-26-30-39(31-27-35)53(50-33-37-13-2-4-15-41(37)44-17-7-8-19-46(44)50)38-28-24-34(25-29-38)42-21-11-22-48-47-20-9-10-23-51(47)54-52(42)48/h1-8,10-19,21-33H,9,20H2/i24D,25D,28D,29D. The third kappa shape index (κ3) is 4.99. The summed E-state index contributed by atoms with van der Waals surface area (Å²) in [6.45, 7) is 0. The van der Waals surface area contributed by atoms with Crippen LogP contribution in [0.4, 0.5) is 17.1 Å². The number of nitrogens with zero attached hydrogens (tertiary/aromatic N) is 1. The zero-order chi connectivity index (χ0) is 39.1. The molecule has 1 nitrogen and oxygen atoms in total. The molecule has 0 spiro atoms. The average Bonchev–Trinajstić information content (AvgIpc) is 3.66. The Kier molecular flexibility index (Phi) is 6.33. The molecule has 2 heteroatoms. The summed E-state index contributed by atoms with van der Waals surface area (Å²) < 4.78 is 39.8. The van der Waals surface area contributed by atoms with E-state index in [-0.39, 0.29) is 29.9 Å². The minimum atomic E-state index is -0.0870. The van der Waals surface area contributed by atoms with E-state index in [2.05, 4.69) is 115 Å². The molecule has 1 heterocycles. The molecule has 10 aromatic rings. The predicted molar refractivity (Wildman–Crippen MR) is 235 cm³/mol. The highest BCUT2D eigenvalue weighted by Gasteiger charge is 2.20. The van der Waals surface area contributed by atoms with Crippen molar-refractivity contribution in [3.05, 3.63) is 192 Å². The van der Waals surface area contributed by atoms with Gasteiger partial charge in [0.25, 0.3) is 0 Å². The summed E-state index contributed by atoms with van der Waals surface area (Å²) in [5.74, 6) is 0. The van der Waals surface area contributed by atoms with Gasteiger partial charge in [0.15, 0.2) is 0 Å². The van der Waals surface area contributed by atoms with Crippen LogP contribution >= 0.6 is 11.3 Å². The number of fused-ring (bicyclic) bond motifs is 9. The first kappa shape index (κ1) is 27.2. The van der Waals surface area contributed by atoms with Gasteiger partial charge in [0, 0.05) is 26.3 Å². The van der Waals surface area contributed by atoms with Crippen molar-refractivity contribution in [2.24, 2.45) is 0 Å². The van der Waals surface area contributed by atoms with Crippen LogP contribution < -0.4 is 4.90 Å². The molecule has 9 aromatic carbocycles. The van der Waals surface area contributed by atoms with E-state index in [1.807, 2.05) is 53.4 Å². The Labute approximate surface area is 324 Å². The second-order valence-corrected chi connectivity index (χ2v) is 15.1. The van der Waals surface area contributed by atoms with Gasteiger partial charge in [-0.15, -0.1) is 11.3 Å². The van der Waals surface area contributed by atoms with E-state index in [0.29, 0.717) is 5.56 Å². The van der Waals surface area contributed by atoms with E-state index < -0.39 is 0 Å². The predicted octanol–water partition coefficient (Wildman–Crippen LogP) is 15.3. The maximum atomic E-state index is 9.76. The van der Waals surface area contributed by atoms with Crippen LogP contribution in [-0.2, 0) is 6.42 Å². The molecule has 1 aliphatic rings. The van der Waals surface area contributed by atoms with Gasteiger partial charge in [-0.1, -0.05) is 146 Å². The maximum absolute atomic E-state index is 9.76. The summed E-state index contributed by atoms with van der Waals surface area (Å²) >= 11 is 1.67. The Hall–Kier alpha value is -6.48. The van der Waals surface area contributed by atoms with Crippen LogP contribution in [0, 0.1) is 0 Å². The second kappa shape index (κ2) is 12.6. The molecule has 0 saturated carbocycles. The minimum Gasteiger partial charge on any atom is -0.310 e. The van der Waals surface area contributed by atoms with Gasteiger partial charge in [-0.05, 0) is 126 Å². The number of thiophene rings is 1. The Morgan fingerprint density at radius 1 is 0.481 bits per heavy atom. The van der Waals surface area contributed by atoms with E-state index in [1.165, 1.54) is 32.0 Å². The number of hydrogen-bond acceptors (Lipinski definition) is 2. The zero-order valence-electron chi connectivity index (χ0n) is 33.4. The number of rotatable bonds is 5. The summed E-state index contributed by atoms with van der Waals surface area (Å²) in [4.78, 5) is 3.15.